The maximum Gasteiger partial charge on any atom is 0.237 e. The van der Waals surface area contributed by atoms with Crippen molar-refractivity contribution in [3.63, 3.8) is 0 Å². The smallest absolute Gasteiger partial charge is 0.237 e. The van der Waals surface area contributed by atoms with Crippen LogP contribution in [0.25, 0.3) is 0 Å². The largest absolute Gasteiger partial charge is 0.480 e. The third kappa shape index (κ3) is 2.20. The predicted octanol–water partition coefficient (Wildman–Crippen LogP) is 1.70. The van der Waals surface area contributed by atoms with E-state index in [1.54, 1.807) is 26.6 Å². The third-order valence-electron chi connectivity index (χ3n) is 3.83. The van der Waals surface area contributed by atoms with Crippen LogP contribution in [-0.4, -0.2) is 36.8 Å². The van der Waals surface area contributed by atoms with E-state index >= 15 is 0 Å². The number of rotatable bonds is 5. The third-order valence-corrected chi connectivity index (χ3v) is 3.83. The van der Waals surface area contributed by atoms with Crippen molar-refractivity contribution in [2.75, 3.05) is 21.3 Å². The van der Waals surface area contributed by atoms with Gasteiger partial charge in [-0.2, -0.15) is 0 Å². The summed E-state index contributed by atoms with van der Waals surface area (Å²) in [7, 11) is 5.32. The monoisotopic (exact) mass is 251 g/mol. The highest BCUT2D eigenvalue weighted by Crippen LogP contribution is 2.43. The number of hydrogen-bond acceptors (Lipinski definition) is 5. The van der Waals surface area contributed by atoms with Gasteiger partial charge in [-0.3, -0.25) is 4.98 Å². The molecule has 1 atom stereocenters. The molecule has 0 amide bonds. The van der Waals surface area contributed by atoms with E-state index in [9.17, 15) is 0 Å². The number of hydrogen-bond donors (Lipinski definition) is 1. The molecule has 1 unspecified atom stereocenters. The zero-order valence-electron chi connectivity index (χ0n) is 11.3. The molecule has 1 heterocycles. The Bertz CT molecular complexity index is 392. The lowest BCUT2D eigenvalue weighted by Crippen LogP contribution is -2.43. The number of aromatic nitrogens is 2. The van der Waals surface area contributed by atoms with Crippen molar-refractivity contribution >= 4 is 0 Å². The molecule has 0 bridgehead atoms. The molecule has 1 aromatic rings. The Morgan fingerprint density at radius 2 is 1.89 bits per heavy atom. The number of ether oxygens (including phenoxy) is 2. The Balaban J connectivity index is 2.38. The summed E-state index contributed by atoms with van der Waals surface area (Å²) in [6.45, 7) is 0. The van der Waals surface area contributed by atoms with Gasteiger partial charge in [-0.15, -0.1) is 0 Å². The van der Waals surface area contributed by atoms with Crippen molar-refractivity contribution in [3.8, 4) is 5.88 Å². The van der Waals surface area contributed by atoms with Crippen LogP contribution >= 0.6 is 0 Å². The molecule has 1 saturated carbocycles. The molecular formula is C13H21N3O2. The van der Waals surface area contributed by atoms with Gasteiger partial charge in [0, 0.05) is 19.5 Å². The first-order valence-corrected chi connectivity index (χ1v) is 6.34. The molecule has 1 aliphatic carbocycles. The second-order valence-electron chi connectivity index (χ2n) is 4.65. The van der Waals surface area contributed by atoms with E-state index in [2.05, 4.69) is 15.3 Å². The Labute approximate surface area is 108 Å². The van der Waals surface area contributed by atoms with Crippen molar-refractivity contribution < 1.29 is 9.47 Å². The van der Waals surface area contributed by atoms with Crippen molar-refractivity contribution in [3.05, 3.63) is 18.1 Å². The van der Waals surface area contributed by atoms with Gasteiger partial charge in [0.2, 0.25) is 5.88 Å². The van der Waals surface area contributed by atoms with Gasteiger partial charge in [-0.25, -0.2) is 4.98 Å². The zero-order valence-corrected chi connectivity index (χ0v) is 11.3. The lowest BCUT2D eigenvalue weighted by molar-refractivity contribution is -0.0366. The fraction of sp³-hybridized carbons (Fsp3) is 0.692. The Kier molecular flexibility index (Phi) is 4.14. The molecule has 5 heteroatoms. The van der Waals surface area contributed by atoms with Gasteiger partial charge in [0.15, 0.2) is 0 Å². The molecule has 0 aliphatic heterocycles. The summed E-state index contributed by atoms with van der Waals surface area (Å²) < 4.78 is 11.1. The fourth-order valence-electron chi connectivity index (χ4n) is 2.92. The van der Waals surface area contributed by atoms with Crippen molar-refractivity contribution in [2.45, 2.75) is 37.3 Å². The van der Waals surface area contributed by atoms with Crippen molar-refractivity contribution in [2.24, 2.45) is 0 Å². The lowest BCUT2D eigenvalue weighted by Gasteiger charge is -2.36. The summed E-state index contributed by atoms with van der Waals surface area (Å²) in [6, 6.07) is 0.00801. The summed E-state index contributed by atoms with van der Waals surface area (Å²) >= 11 is 0. The maximum absolute atomic E-state index is 5.82. The van der Waals surface area contributed by atoms with Crippen LogP contribution < -0.4 is 10.1 Å². The molecule has 0 spiro atoms. The number of methoxy groups -OCH3 is 2. The van der Waals surface area contributed by atoms with E-state index in [4.69, 9.17) is 9.47 Å². The normalized spacial score (nSPS) is 19.7. The summed E-state index contributed by atoms with van der Waals surface area (Å²) in [5.74, 6) is 0.570. The van der Waals surface area contributed by atoms with Crippen LogP contribution in [0.15, 0.2) is 12.4 Å². The molecule has 0 aromatic carbocycles. The Morgan fingerprint density at radius 3 is 2.44 bits per heavy atom. The summed E-state index contributed by atoms with van der Waals surface area (Å²) in [5, 5.41) is 3.32. The fourth-order valence-corrected chi connectivity index (χ4v) is 2.92. The number of nitrogens with one attached hydrogen (secondary N) is 1. The minimum atomic E-state index is -0.196. The SMILES string of the molecule is CNC(c1nccnc1OC)C1(OC)CCCC1. The molecule has 0 saturated heterocycles. The van der Waals surface area contributed by atoms with Crippen LogP contribution in [0.1, 0.15) is 37.4 Å². The first kappa shape index (κ1) is 13.2. The molecular weight excluding hydrogens is 230 g/mol. The second-order valence-corrected chi connectivity index (χ2v) is 4.65. The summed E-state index contributed by atoms with van der Waals surface area (Å²) in [6.07, 6.45) is 7.79. The highest BCUT2D eigenvalue weighted by atomic mass is 16.5. The minimum absolute atomic E-state index is 0.00801. The quantitative estimate of drug-likeness (QED) is 0.863. The van der Waals surface area contributed by atoms with Gasteiger partial charge >= 0.3 is 0 Å². The first-order valence-electron chi connectivity index (χ1n) is 6.34. The molecule has 1 N–H and O–H groups in total. The maximum atomic E-state index is 5.82. The van der Waals surface area contributed by atoms with Crippen LogP contribution in [-0.2, 0) is 4.74 Å². The van der Waals surface area contributed by atoms with Gasteiger partial charge in [-0.1, -0.05) is 12.8 Å². The second kappa shape index (κ2) is 5.63. The molecule has 2 rings (SSSR count). The molecule has 100 valence electrons. The number of nitrogens with zero attached hydrogens (tertiary/aromatic N) is 2. The average molecular weight is 251 g/mol. The minimum Gasteiger partial charge on any atom is -0.480 e. The average Bonchev–Trinajstić information content (AvgIpc) is 2.90. The molecule has 1 aromatic heterocycles. The van der Waals surface area contributed by atoms with Gasteiger partial charge in [0.05, 0.1) is 18.8 Å². The Morgan fingerprint density at radius 1 is 1.22 bits per heavy atom. The van der Waals surface area contributed by atoms with E-state index in [0.29, 0.717) is 5.88 Å². The molecule has 1 fully saturated rings. The number of likely N-dealkylation sites (N-methyl/N-ethyl adjacent to an activating group) is 1. The Hall–Kier alpha value is -1.20. The van der Waals surface area contributed by atoms with Crippen molar-refractivity contribution in [1.29, 1.82) is 0 Å². The highest BCUT2D eigenvalue weighted by molar-refractivity contribution is 5.25. The molecule has 1 aliphatic rings. The van der Waals surface area contributed by atoms with Gasteiger partial charge in [0.25, 0.3) is 0 Å². The van der Waals surface area contributed by atoms with Gasteiger partial charge in [-0.05, 0) is 19.9 Å². The van der Waals surface area contributed by atoms with Crippen molar-refractivity contribution in [1.82, 2.24) is 15.3 Å². The predicted molar refractivity (Wildman–Crippen MR) is 68.6 cm³/mol. The zero-order chi connectivity index (χ0) is 13.0. The topological polar surface area (TPSA) is 56.3 Å². The molecule has 18 heavy (non-hydrogen) atoms. The van der Waals surface area contributed by atoms with Crippen LogP contribution in [0.2, 0.25) is 0 Å². The summed E-state index contributed by atoms with van der Waals surface area (Å²) in [5.41, 5.74) is 0.629. The van der Waals surface area contributed by atoms with E-state index in [1.807, 2.05) is 7.05 Å². The van der Waals surface area contributed by atoms with Crippen LogP contribution in [0.5, 0.6) is 5.88 Å². The van der Waals surface area contributed by atoms with E-state index in [-0.39, 0.29) is 11.6 Å². The first-order chi connectivity index (χ1) is 8.77. The van der Waals surface area contributed by atoms with Crippen LogP contribution in [0, 0.1) is 0 Å². The van der Waals surface area contributed by atoms with Crippen LogP contribution in [0.3, 0.4) is 0 Å². The van der Waals surface area contributed by atoms with Gasteiger partial charge < -0.3 is 14.8 Å². The summed E-state index contributed by atoms with van der Waals surface area (Å²) in [4.78, 5) is 8.65. The van der Waals surface area contributed by atoms with Crippen LogP contribution in [0.4, 0.5) is 0 Å². The van der Waals surface area contributed by atoms with Gasteiger partial charge in [0.1, 0.15) is 5.69 Å². The van der Waals surface area contributed by atoms with E-state index in [0.717, 1.165) is 18.5 Å². The van der Waals surface area contributed by atoms with E-state index < -0.39 is 0 Å². The molecule has 5 nitrogen and oxygen atoms in total. The standard InChI is InChI=1S/C13H21N3O2/c1-14-11(13(18-3)6-4-5-7-13)10-12(17-2)16-9-8-15-10/h8-9,11,14H,4-7H2,1-3H3. The lowest BCUT2D eigenvalue weighted by atomic mass is 9.89. The van der Waals surface area contributed by atoms with E-state index in [1.165, 1.54) is 12.8 Å². The highest BCUT2D eigenvalue weighted by Gasteiger charge is 2.43. The molecule has 0 radical (unpaired) electrons.